The minimum atomic E-state index is -3.77. The molecule has 3 aromatic carbocycles. The average molecular weight is 562 g/mol. The average Bonchev–Trinajstić information content (AvgIpc) is 3.24. The molecule has 0 aliphatic carbocycles. The molecule has 0 unspecified atom stereocenters. The molecule has 0 fully saturated rings. The third-order valence-electron chi connectivity index (χ3n) is 6.29. The van der Waals surface area contributed by atoms with E-state index in [0.717, 1.165) is 21.7 Å². The van der Waals surface area contributed by atoms with Gasteiger partial charge in [-0.25, -0.2) is 8.42 Å². The molecule has 0 aromatic heterocycles. The van der Waals surface area contributed by atoms with Crippen molar-refractivity contribution < 1.29 is 22.8 Å². The monoisotopic (exact) mass is 561 g/mol. The van der Waals surface area contributed by atoms with Crippen LogP contribution in [-0.4, -0.2) is 57.9 Å². The fourth-order valence-corrected chi connectivity index (χ4v) is 5.05. The van der Waals surface area contributed by atoms with E-state index >= 15 is 0 Å². The lowest BCUT2D eigenvalue weighted by Gasteiger charge is -2.24. The van der Waals surface area contributed by atoms with E-state index in [-0.39, 0.29) is 24.3 Å². The Morgan fingerprint density at radius 3 is 2.30 bits per heavy atom. The molecule has 40 heavy (non-hydrogen) atoms. The number of amides is 3. The molecule has 3 aromatic rings. The third-order valence-corrected chi connectivity index (χ3v) is 7.43. The van der Waals surface area contributed by atoms with Crippen LogP contribution < -0.4 is 20.3 Å². The Bertz CT molecular complexity index is 1600. The SMILES string of the molecule is CC(=O)NCc1ccc(/C(Nc2cccc(N(CC(=O)N(C)C)S(C)(=O)=O)c2)=C2/C(=O)Nc3ccccc32)cc1. The van der Waals surface area contributed by atoms with Gasteiger partial charge in [0.15, 0.2) is 0 Å². The highest BCUT2D eigenvalue weighted by Crippen LogP contribution is 2.37. The topological polar surface area (TPSA) is 128 Å². The Balaban J connectivity index is 1.78. The van der Waals surface area contributed by atoms with Gasteiger partial charge in [0.05, 0.1) is 23.2 Å². The van der Waals surface area contributed by atoms with Gasteiger partial charge in [-0.1, -0.05) is 48.5 Å². The summed E-state index contributed by atoms with van der Waals surface area (Å²) in [5.74, 6) is -0.787. The number of anilines is 3. The van der Waals surface area contributed by atoms with E-state index in [1.807, 2.05) is 48.5 Å². The van der Waals surface area contributed by atoms with Gasteiger partial charge in [0.1, 0.15) is 6.54 Å². The highest BCUT2D eigenvalue weighted by Gasteiger charge is 2.28. The van der Waals surface area contributed by atoms with Crippen LogP contribution in [0, 0.1) is 0 Å². The summed E-state index contributed by atoms with van der Waals surface area (Å²) < 4.78 is 26.3. The minimum Gasteiger partial charge on any atom is -0.354 e. The molecule has 0 spiro atoms. The fourth-order valence-electron chi connectivity index (χ4n) is 4.21. The van der Waals surface area contributed by atoms with E-state index in [0.29, 0.717) is 40.4 Å². The Kier molecular flexibility index (Phi) is 8.24. The normalized spacial score (nSPS) is 13.7. The Labute approximate surface area is 233 Å². The molecule has 3 amide bonds. The van der Waals surface area contributed by atoms with Crippen LogP contribution in [0.1, 0.15) is 23.6 Å². The molecule has 0 saturated carbocycles. The van der Waals surface area contributed by atoms with Crippen molar-refractivity contribution in [2.24, 2.45) is 0 Å². The second-order valence-corrected chi connectivity index (χ2v) is 11.5. The number of nitrogens with one attached hydrogen (secondary N) is 3. The summed E-state index contributed by atoms with van der Waals surface area (Å²) in [4.78, 5) is 38.2. The van der Waals surface area contributed by atoms with Crippen molar-refractivity contribution in [3.8, 4) is 0 Å². The second-order valence-electron chi connectivity index (χ2n) is 9.59. The van der Waals surface area contributed by atoms with Crippen LogP contribution in [0.3, 0.4) is 0 Å². The molecule has 208 valence electrons. The van der Waals surface area contributed by atoms with Gasteiger partial charge in [-0.05, 0) is 35.4 Å². The molecule has 3 N–H and O–H groups in total. The Hall–Kier alpha value is -4.64. The molecule has 10 nitrogen and oxygen atoms in total. The lowest BCUT2D eigenvalue weighted by molar-refractivity contribution is -0.127. The first-order valence-electron chi connectivity index (χ1n) is 12.5. The van der Waals surface area contributed by atoms with E-state index in [2.05, 4.69) is 16.0 Å². The molecule has 11 heteroatoms. The summed E-state index contributed by atoms with van der Waals surface area (Å²) in [7, 11) is -0.651. The Morgan fingerprint density at radius 1 is 0.950 bits per heavy atom. The highest BCUT2D eigenvalue weighted by atomic mass is 32.2. The van der Waals surface area contributed by atoms with Gasteiger partial charge >= 0.3 is 0 Å². The van der Waals surface area contributed by atoms with Crippen molar-refractivity contribution in [3.63, 3.8) is 0 Å². The molecule has 4 rings (SSSR count). The van der Waals surface area contributed by atoms with Crippen molar-refractivity contribution >= 4 is 56.1 Å². The number of fused-ring (bicyclic) bond motifs is 1. The van der Waals surface area contributed by atoms with Crippen LogP contribution in [-0.2, 0) is 31.0 Å². The third kappa shape index (κ3) is 6.49. The number of rotatable bonds is 9. The van der Waals surface area contributed by atoms with E-state index in [1.165, 1.54) is 11.8 Å². The van der Waals surface area contributed by atoms with Gasteiger partial charge in [-0.3, -0.25) is 18.7 Å². The van der Waals surface area contributed by atoms with Crippen molar-refractivity contribution in [2.75, 3.05) is 41.8 Å². The number of carbonyl (C=O) groups is 3. The summed E-state index contributed by atoms with van der Waals surface area (Å²) in [5, 5.41) is 8.99. The molecular weight excluding hydrogens is 530 g/mol. The summed E-state index contributed by atoms with van der Waals surface area (Å²) in [5.41, 5.74) is 4.77. The minimum absolute atomic E-state index is 0.136. The number of hydrogen-bond donors (Lipinski definition) is 3. The van der Waals surface area contributed by atoms with Crippen molar-refractivity contribution in [1.82, 2.24) is 10.2 Å². The van der Waals surface area contributed by atoms with Crippen molar-refractivity contribution in [2.45, 2.75) is 13.5 Å². The first kappa shape index (κ1) is 28.4. The van der Waals surface area contributed by atoms with Crippen LogP contribution in [0.15, 0.2) is 72.8 Å². The number of para-hydroxylation sites is 1. The zero-order valence-electron chi connectivity index (χ0n) is 22.7. The van der Waals surface area contributed by atoms with Gasteiger partial charge in [0.25, 0.3) is 5.91 Å². The smallest absolute Gasteiger partial charge is 0.258 e. The number of likely N-dealkylation sites (N-methyl/N-ethyl adjacent to an activating group) is 1. The molecule has 0 atom stereocenters. The van der Waals surface area contributed by atoms with Gasteiger partial charge in [-0.15, -0.1) is 0 Å². The van der Waals surface area contributed by atoms with Crippen molar-refractivity contribution in [1.29, 1.82) is 0 Å². The second kappa shape index (κ2) is 11.6. The highest BCUT2D eigenvalue weighted by molar-refractivity contribution is 7.92. The van der Waals surface area contributed by atoms with Gasteiger partial charge in [0.2, 0.25) is 21.8 Å². The molecule has 1 heterocycles. The maximum Gasteiger partial charge on any atom is 0.258 e. The number of benzene rings is 3. The number of carbonyl (C=O) groups excluding carboxylic acids is 3. The van der Waals surface area contributed by atoms with Crippen LogP contribution in [0.4, 0.5) is 17.1 Å². The first-order chi connectivity index (χ1) is 18.9. The zero-order chi connectivity index (χ0) is 29.0. The van der Waals surface area contributed by atoms with E-state index in [1.54, 1.807) is 38.4 Å². The zero-order valence-corrected chi connectivity index (χ0v) is 23.5. The van der Waals surface area contributed by atoms with Crippen LogP contribution >= 0.6 is 0 Å². The lowest BCUT2D eigenvalue weighted by Crippen LogP contribution is -2.39. The summed E-state index contributed by atoms with van der Waals surface area (Å²) in [6, 6.07) is 21.4. The van der Waals surface area contributed by atoms with Crippen LogP contribution in [0.5, 0.6) is 0 Å². The summed E-state index contributed by atoms with van der Waals surface area (Å²) in [6.45, 7) is 1.47. The largest absolute Gasteiger partial charge is 0.354 e. The molecule has 0 radical (unpaired) electrons. The van der Waals surface area contributed by atoms with Crippen LogP contribution in [0.25, 0.3) is 11.3 Å². The summed E-state index contributed by atoms with van der Waals surface area (Å²) >= 11 is 0. The van der Waals surface area contributed by atoms with E-state index in [4.69, 9.17) is 0 Å². The molecule has 1 aliphatic heterocycles. The molecular formula is C29H31N5O5S. The summed E-state index contributed by atoms with van der Waals surface area (Å²) in [6.07, 6.45) is 1.05. The maximum atomic E-state index is 13.2. The predicted molar refractivity (Wildman–Crippen MR) is 157 cm³/mol. The number of sulfonamides is 1. The van der Waals surface area contributed by atoms with Gasteiger partial charge < -0.3 is 20.9 Å². The first-order valence-corrected chi connectivity index (χ1v) is 14.3. The molecule has 1 aliphatic rings. The lowest BCUT2D eigenvalue weighted by atomic mass is 9.99. The van der Waals surface area contributed by atoms with Crippen LogP contribution in [0.2, 0.25) is 0 Å². The van der Waals surface area contributed by atoms with E-state index < -0.39 is 10.0 Å². The molecule has 0 bridgehead atoms. The number of nitrogens with zero attached hydrogens (tertiary/aromatic N) is 2. The standard InChI is InChI=1S/C29H31N5O5S/c1-19(35)30-17-20-12-14-21(15-13-20)28(27-24-10-5-6-11-25(24)32-29(27)37)31-22-8-7-9-23(16-22)34(40(4,38)39)18-26(36)33(2)3/h5-16,31H,17-18H2,1-4H3,(H,30,35)(H,32,37)/b28-27-. The van der Waals surface area contributed by atoms with Gasteiger partial charge in [0, 0.05) is 44.5 Å². The molecule has 0 saturated heterocycles. The van der Waals surface area contributed by atoms with Crippen molar-refractivity contribution in [3.05, 3.63) is 89.5 Å². The maximum absolute atomic E-state index is 13.2. The quantitative estimate of drug-likeness (QED) is 0.345. The Morgan fingerprint density at radius 2 is 1.65 bits per heavy atom. The predicted octanol–water partition coefficient (Wildman–Crippen LogP) is 3.11. The number of hydrogen-bond acceptors (Lipinski definition) is 6. The van der Waals surface area contributed by atoms with E-state index in [9.17, 15) is 22.8 Å². The van der Waals surface area contributed by atoms with Gasteiger partial charge in [-0.2, -0.15) is 0 Å². The fraction of sp³-hybridized carbons (Fsp3) is 0.207.